The maximum Gasteiger partial charge on any atom is 0.348 e. The summed E-state index contributed by atoms with van der Waals surface area (Å²) >= 11 is 1.07. The van der Waals surface area contributed by atoms with Gasteiger partial charge in [0.15, 0.2) is 0 Å². The van der Waals surface area contributed by atoms with Crippen LogP contribution in [0.5, 0.6) is 0 Å². The van der Waals surface area contributed by atoms with Crippen LogP contribution in [0.4, 0.5) is 4.39 Å². The first-order chi connectivity index (χ1) is 12.0. The van der Waals surface area contributed by atoms with Gasteiger partial charge in [-0.15, -0.1) is 11.3 Å². The zero-order chi connectivity index (χ0) is 17.6. The minimum absolute atomic E-state index is 0.0790. The number of aryl methyl sites for hydroxylation is 1. The molecule has 4 aromatic rings. The maximum absolute atomic E-state index is 13.6. The summed E-state index contributed by atoms with van der Waals surface area (Å²) in [6.45, 7) is 1.85. The quantitative estimate of drug-likeness (QED) is 0.597. The number of carboxylic acid groups (broad SMARTS) is 1. The lowest BCUT2D eigenvalue weighted by Gasteiger charge is -1.99. The van der Waals surface area contributed by atoms with E-state index < -0.39 is 11.8 Å². The molecule has 3 heterocycles. The van der Waals surface area contributed by atoms with Gasteiger partial charge in [-0.25, -0.2) is 18.7 Å². The first-order valence-electron chi connectivity index (χ1n) is 7.49. The van der Waals surface area contributed by atoms with Gasteiger partial charge in [-0.05, 0) is 31.2 Å². The molecule has 0 atom stereocenters. The standard InChI is InChI=1S/C18H12FN3O2S/c1-10-14(13-7-2-3-8-22(13)21-10)17-20-15(16(25-17)18(23)24)11-5-4-6-12(19)9-11/h2-9H,1H3,(H,23,24). The van der Waals surface area contributed by atoms with Gasteiger partial charge >= 0.3 is 5.97 Å². The zero-order valence-corrected chi connectivity index (χ0v) is 13.9. The highest BCUT2D eigenvalue weighted by molar-refractivity contribution is 7.17. The number of benzene rings is 1. The summed E-state index contributed by atoms with van der Waals surface area (Å²) in [4.78, 5) is 16.3. The van der Waals surface area contributed by atoms with Crippen LogP contribution >= 0.6 is 11.3 Å². The number of aromatic nitrogens is 3. The molecule has 4 rings (SSSR count). The average molecular weight is 353 g/mol. The van der Waals surface area contributed by atoms with Crippen LogP contribution in [0.3, 0.4) is 0 Å². The van der Waals surface area contributed by atoms with Gasteiger partial charge in [-0.1, -0.05) is 18.2 Å². The van der Waals surface area contributed by atoms with Gasteiger partial charge in [0.25, 0.3) is 0 Å². The van der Waals surface area contributed by atoms with Gasteiger partial charge in [0.05, 0.1) is 22.5 Å². The minimum Gasteiger partial charge on any atom is -0.477 e. The lowest BCUT2D eigenvalue weighted by Crippen LogP contribution is -1.95. The van der Waals surface area contributed by atoms with Gasteiger partial charge in [-0.3, -0.25) is 0 Å². The summed E-state index contributed by atoms with van der Waals surface area (Å²) < 4.78 is 15.3. The van der Waals surface area contributed by atoms with E-state index in [1.54, 1.807) is 10.6 Å². The summed E-state index contributed by atoms with van der Waals surface area (Å²) in [7, 11) is 0. The van der Waals surface area contributed by atoms with Crippen LogP contribution in [0.15, 0.2) is 48.7 Å². The molecule has 0 fully saturated rings. The number of hydrogen-bond donors (Lipinski definition) is 1. The second-order valence-corrected chi connectivity index (χ2v) is 6.50. The number of rotatable bonds is 3. The van der Waals surface area contributed by atoms with Crippen molar-refractivity contribution in [2.75, 3.05) is 0 Å². The van der Waals surface area contributed by atoms with Crippen molar-refractivity contribution in [1.29, 1.82) is 0 Å². The Morgan fingerprint density at radius 1 is 1.24 bits per heavy atom. The van der Waals surface area contributed by atoms with Crippen molar-refractivity contribution in [1.82, 2.24) is 14.6 Å². The van der Waals surface area contributed by atoms with E-state index in [4.69, 9.17) is 0 Å². The average Bonchev–Trinajstić information content (AvgIpc) is 3.15. The van der Waals surface area contributed by atoms with Crippen molar-refractivity contribution >= 4 is 22.8 Å². The fourth-order valence-corrected chi connectivity index (χ4v) is 3.82. The van der Waals surface area contributed by atoms with E-state index in [-0.39, 0.29) is 10.6 Å². The molecule has 0 aliphatic heterocycles. The molecule has 0 bridgehead atoms. The third-order valence-corrected chi connectivity index (χ3v) is 4.91. The lowest BCUT2D eigenvalue weighted by molar-refractivity contribution is 0.0702. The highest BCUT2D eigenvalue weighted by Crippen LogP contribution is 2.37. The first kappa shape index (κ1) is 15.5. The van der Waals surface area contributed by atoms with E-state index in [1.807, 2.05) is 31.3 Å². The van der Waals surface area contributed by atoms with E-state index in [1.165, 1.54) is 18.2 Å². The van der Waals surface area contributed by atoms with Gasteiger partial charge < -0.3 is 5.11 Å². The molecule has 0 spiro atoms. The van der Waals surface area contributed by atoms with Crippen LogP contribution in [0.25, 0.3) is 27.3 Å². The number of pyridine rings is 1. The highest BCUT2D eigenvalue weighted by atomic mass is 32.1. The predicted molar refractivity (Wildman–Crippen MR) is 93.4 cm³/mol. The Hall–Kier alpha value is -3.06. The monoisotopic (exact) mass is 353 g/mol. The van der Waals surface area contributed by atoms with Crippen molar-refractivity contribution in [2.45, 2.75) is 6.92 Å². The predicted octanol–water partition coefficient (Wildman–Crippen LogP) is 4.27. The highest BCUT2D eigenvalue weighted by Gasteiger charge is 2.23. The number of aromatic carboxylic acids is 1. The van der Waals surface area contributed by atoms with Crippen molar-refractivity contribution in [3.63, 3.8) is 0 Å². The van der Waals surface area contributed by atoms with Gasteiger partial charge in [0.2, 0.25) is 0 Å². The van der Waals surface area contributed by atoms with Crippen molar-refractivity contribution < 1.29 is 14.3 Å². The second kappa shape index (κ2) is 5.78. The fourth-order valence-electron chi connectivity index (χ4n) is 2.78. The fraction of sp³-hybridized carbons (Fsp3) is 0.0556. The number of hydrogen-bond acceptors (Lipinski definition) is 4. The molecule has 0 amide bonds. The van der Waals surface area contributed by atoms with Crippen LogP contribution in [0.1, 0.15) is 15.4 Å². The van der Waals surface area contributed by atoms with E-state index >= 15 is 0 Å². The molecular weight excluding hydrogens is 341 g/mol. The molecule has 3 aromatic heterocycles. The first-order valence-corrected chi connectivity index (χ1v) is 8.30. The molecule has 5 nitrogen and oxygen atoms in total. The SMILES string of the molecule is Cc1nn2ccccc2c1-c1nc(-c2cccc(F)c2)c(C(=O)O)s1. The van der Waals surface area contributed by atoms with Crippen molar-refractivity contribution in [3.05, 3.63) is 65.0 Å². The molecule has 0 unspecified atom stereocenters. The molecule has 25 heavy (non-hydrogen) atoms. The Morgan fingerprint density at radius 3 is 2.84 bits per heavy atom. The van der Waals surface area contributed by atoms with Crippen LogP contribution in [-0.4, -0.2) is 25.7 Å². The second-order valence-electron chi connectivity index (χ2n) is 5.50. The van der Waals surface area contributed by atoms with Gasteiger partial charge in [0, 0.05) is 11.8 Å². The Kier molecular flexibility index (Phi) is 3.58. The number of carbonyl (C=O) groups is 1. The van der Waals surface area contributed by atoms with E-state index in [0.717, 1.165) is 28.1 Å². The molecule has 124 valence electrons. The normalized spacial score (nSPS) is 11.1. The number of nitrogens with zero attached hydrogens (tertiary/aromatic N) is 3. The van der Waals surface area contributed by atoms with Crippen LogP contribution < -0.4 is 0 Å². The number of fused-ring (bicyclic) bond motifs is 1. The van der Waals surface area contributed by atoms with Crippen molar-refractivity contribution in [3.8, 4) is 21.8 Å². The topological polar surface area (TPSA) is 67.5 Å². The third kappa shape index (κ3) is 2.58. The molecule has 0 aliphatic carbocycles. The Bertz CT molecular complexity index is 1120. The molecule has 1 N–H and O–H groups in total. The molecule has 0 saturated carbocycles. The molecule has 0 saturated heterocycles. The Morgan fingerprint density at radius 2 is 2.08 bits per heavy atom. The minimum atomic E-state index is -1.09. The molecule has 1 aromatic carbocycles. The summed E-state index contributed by atoms with van der Waals surface area (Å²) in [6, 6.07) is 11.4. The number of halogens is 1. The Labute approximate surface area is 146 Å². The number of thiazole rings is 1. The van der Waals surface area contributed by atoms with Gasteiger partial charge in [-0.2, -0.15) is 5.10 Å². The summed E-state index contributed by atoms with van der Waals surface area (Å²) in [5.74, 6) is -1.52. The summed E-state index contributed by atoms with van der Waals surface area (Å²) in [5, 5.41) is 14.5. The molecule has 0 radical (unpaired) electrons. The maximum atomic E-state index is 13.6. The van der Waals surface area contributed by atoms with E-state index in [9.17, 15) is 14.3 Å². The van der Waals surface area contributed by atoms with Crippen LogP contribution in [0.2, 0.25) is 0 Å². The third-order valence-electron chi connectivity index (χ3n) is 3.85. The van der Waals surface area contributed by atoms with E-state index in [0.29, 0.717) is 10.6 Å². The summed E-state index contributed by atoms with van der Waals surface area (Å²) in [5.41, 5.74) is 3.09. The smallest absolute Gasteiger partial charge is 0.348 e. The lowest BCUT2D eigenvalue weighted by atomic mass is 10.1. The molecule has 7 heteroatoms. The van der Waals surface area contributed by atoms with Crippen LogP contribution in [-0.2, 0) is 0 Å². The molecular formula is C18H12FN3O2S. The number of carboxylic acids is 1. The van der Waals surface area contributed by atoms with Crippen molar-refractivity contribution in [2.24, 2.45) is 0 Å². The summed E-state index contributed by atoms with van der Waals surface area (Å²) in [6.07, 6.45) is 1.82. The largest absolute Gasteiger partial charge is 0.477 e. The van der Waals surface area contributed by atoms with E-state index in [2.05, 4.69) is 10.1 Å². The van der Waals surface area contributed by atoms with Crippen LogP contribution in [0, 0.1) is 12.7 Å². The van der Waals surface area contributed by atoms with Gasteiger partial charge in [0.1, 0.15) is 15.7 Å². The zero-order valence-electron chi connectivity index (χ0n) is 13.1. The molecule has 0 aliphatic rings. The Balaban J connectivity index is 1.96.